The van der Waals surface area contributed by atoms with Gasteiger partial charge in [0.1, 0.15) is 0 Å². The van der Waals surface area contributed by atoms with Crippen LogP contribution in [0.1, 0.15) is 33.5 Å². The third kappa shape index (κ3) is 2.37. The molecule has 1 N–H and O–H groups in total. The molecule has 0 saturated heterocycles. The number of aromatic carboxylic acids is 1. The van der Waals surface area contributed by atoms with Crippen molar-refractivity contribution in [2.45, 2.75) is 12.8 Å². The first kappa shape index (κ1) is 14.0. The predicted molar refractivity (Wildman–Crippen MR) is 81.9 cm³/mol. The molecule has 0 radical (unpaired) electrons. The van der Waals surface area contributed by atoms with Crippen LogP contribution < -0.4 is 0 Å². The summed E-state index contributed by atoms with van der Waals surface area (Å²) < 4.78 is 0. The Morgan fingerprint density at radius 2 is 1.91 bits per heavy atom. The molecule has 0 atom stereocenters. The van der Waals surface area contributed by atoms with Crippen molar-refractivity contribution < 1.29 is 14.8 Å². The van der Waals surface area contributed by atoms with Crippen molar-refractivity contribution in [3.63, 3.8) is 0 Å². The van der Waals surface area contributed by atoms with Gasteiger partial charge in [-0.2, -0.15) is 0 Å². The fourth-order valence-electron chi connectivity index (χ4n) is 2.78. The van der Waals surface area contributed by atoms with Gasteiger partial charge in [-0.3, -0.25) is 10.1 Å². The van der Waals surface area contributed by atoms with E-state index in [1.807, 2.05) is 6.08 Å². The monoisotopic (exact) mass is 295 g/mol. The Morgan fingerprint density at radius 3 is 2.64 bits per heavy atom. The molecule has 5 heteroatoms. The summed E-state index contributed by atoms with van der Waals surface area (Å²) >= 11 is 0. The molecule has 2 aromatic rings. The molecule has 5 nitrogen and oxygen atoms in total. The van der Waals surface area contributed by atoms with Gasteiger partial charge >= 0.3 is 5.97 Å². The van der Waals surface area contributed by atoms with E-state index in [9.17, 15) is 14.9 Å². The molecule has 0 unspecified atom stereocenters. The van der Waals surface area contributed by atoms with E-state index in [0.717, 1.165) is 29.5 Å². The van der Waals surface area contributed by atoms with Gasteiger partial charge < -0.3 is 5.11 Å². The van der Waals surface area contributed by atoms with Gasteiger partial charge in [0.25, 0.3) is 5.69 Å². The number of carboxylic acid groups (broad SMARTS) is 1. The third-order valence-electron chi connectivity index (χ3n) is 3.80. The van der Waals surface area contributed by atoms with Gasteiger partial charge in [-0.25, -0.2) is 4.79 Å². The zero-order chi connectivity index (χ0) is 15.7. The molecule has 0 saturated carbocycles. The summed E-state index contributed by atoms with van der Waals surface area (Å²) in [6, 6.07) is 11.5. The summed E-state index contributed by atoms with van der Waals surface area (Å²) in [7, 11) is 0. The summed E-state index contributed by atoms with van der Waals surface area (Å²) in [4.78, 5) is 22.0. The van der Waals surface area contributed by atoms with E-state index in [4.69, 9.17) is 5.11 Å². The van der Waals surface area contributed by atoms with Crippen LogP contribution in [0.4, 0.5) is 5.69 Å². The van der Waals surface area contributed by atoms with Gasteiger partial charge in [0, 0.05) is 6.07 Å². The lowest BCUT2D eigenvalue weighted by atomic mass is 9.85. The van der Waals surface area contributed by atoms with E-state index in [0.29, 0.717) is 5.56 Å². The molecule has 1 aliphatic rings. The van der Waals surface area contributed by atoms with Crippen LogP contribution in [0.2, 0.25) is 0 Å². The molecular weight excluding hydrogens is 282 g/mol. The van der Waals surface area contributed by atoms with Gasteiger partial charge in [0.15, 0.2) is 0 Å². The highest BCUT2D eigenvalue weighted by Gasteiger charge is 2.22. The van der Waals surface area contributed by atoms with Crippen LogP contribution in [0.5, 0.6) is 0 Å². The standard InChI is InChI=1S/C17H13NO4/c19-17(20)12-9-8-11-4-3-6-13(15(11)10-12)14-5-1-2-7-16(14)18(21)22/h1-2,5-10H,3-4H2,(H,19,20). The lowest BCUT2D eigenvalue weighted by molar-refractivity contribution is -0.385. The fraction of sp³-hybridized carbons (Fsp3) is 0.118. The Labute approximate surface area is 126 Å². The van der Waals surface area contributed by atoms with Crippen molar-refractivity contribution in [1.82, 2.24) is 0 Å². The first-order valence-electron chi connectivity index (χ1n) is 6.88. The lowest BCUT2D eigenvalue weighted by Crippen LogP contribution is -2.06. The molecule has 0 amide bonds. The molecule has 0 fully saturated rings. The Balaban J connectivity index is 2.19. The second-order valence-electron chi connectivity index (χ2n) is 5.11. The van der Waals surface area contributed by atoms with Crippen molar-refractivity contribution in [3.05, 3.63) is 80.9 Å². The van der Waals surface area contributed by atoms with Crippen LogP contribution in [0.15, 0.2) is 48.5 Å². The molecular formula is C17H13NO4. The van der Waals surface area contributed by atoms with Gasteiger partial charge in [0.2, 0.25) is 0 Å². The molecule has 0 heterocycles. The van der Waals surface area contributed by atoms with Gasteiger partial charge in [-0.15, -0.1) is 0 Å². The maximum atomic E-state index is 11.2. The highest BCUT2D eigenvalue weighted by atomic mass is 16.6. The number of hydrogen-bond donors (Lipinski definition) is 1. The SMILES string of the molecule is O=C(O)c1ccc2c(c1)C(c1ccccc1[N+](=O)[O-])=CCC2. The minimum absolute atomic E-state index is 0.0299. The first-order chi connectivity index (χ1) is 10.6. The third-order valence-corrected chi connectivity index (χ3v) is 3.80. The first-order valence-corrected chi connectivity index (χ1v) is 6.88. The highest BCUT2D eigenvalue weighted by Crippen LogP contribution is 2.36. The van der Waals surface area contributed by atoms with Crippen LogP contribution in [0.3, 0.4) is 0 Å². The van der Waals surface area contributed by atoms with Gasteiger partial charge in [0.05, 0.1) is 16.1 Å². The summed E-state index contributed by atoms with van der Waals surface area (Å²) in [5, 5.41) is 20.4. The van der Waals surface area contributed by atoms with Crippen molar-refractivity contribution in [3.8, 4) is 0 Å². The molecule has 2 aromatic carbocycles. The lowest BCUT2D eigenvalue weighted by Gasteiger charge is -2.18. The van der Waals surface area contributed by atoms with E-state index in [1.54, 1.807) is 36.4 Å². The Kier molecular flexibility index (Phi) is 3.47. The molecule has 110 valence electrons. The fourth-order valence-corrected chi connectivity index (χ4v) is 2.78. The van der Waals surface area contributed by atoms with E-state index < -0.39 is 10.9 Å². The summed E-state index contributed by atoms with van der Waals surface area (Å²) in [5.41, 5.74) is 3.25. The topological polar surface area (TPSA) is 80.4 Å². The van der Waals surface area contributed by atoms with E-state index in [2.05, 4.69) is 0 Å². The van der Waals surface area contributed by atoms with Crippen molar-refractivity contribution >= 4 is 17.2 Å². The second-order valence-corrected chi connectivity index (χ2v) is 5.11. The zero-order valence-corrected chi connectivity index (χ0v) is 11.7. The number of rotatable bonds is 3. The molecule has 0 spiro atoms. The Bertz CT molecular complexity index is 808. The van der Waals surface area contributed by atoms with Crippen LogP contribution >= 0.6 is 0 Å². The quantitative estimate of drug-likeness (QED) is 0.692. The number of carboxylic acids is 1. The number of aryl methyl sites for hydroxylation is 1. The Hall–Kier alpha value is -2.95. The number of fused-ring (bicyclic) bond motifs is 1. The molecule has 3 rings (SSSR count). The number of nitrogens with zero attached hydrogens (tertiary/aromatic N) is 1. The molecule has 22 heavy (non-hydrogen) atoms. The number of benzene rings is 2. The summed E-state index contributed by atoms with van der Waals surface area (Å²) in [6.07, 6.45) is 3.52. The predicted octanol–water partition coefficient (Wildman–Crippen LogP) is 3.67. The second kappa shape index (κ2) is 5.44. The molecule has 1 aliphatic carbocycles. The number of nitro groups is 1. The van der Waals surface area contributed by atoms with Crippen LogP contribution in [-0.2, 0) is 6.42 Å². The minimum atomic E-state index is -1.00. The maximum absolute atomic E-state index is 11.2. The van der Waals surface area contributed by atoms with Crippen LogP contribution in [-0.4, -0.2) is 16.0 Å². The largest absolute Gasteiger partial charge is 0.478 e. The number of carbonyl (C=O) groups is 1. The van der Waals surface area contributed by atoms with Crippen molar-refractivity contribution in [2.75, 3.05) is 0 Å². The highest BCUT2D eigenvalue weighted by molar-refractivity contribution is 5.92. The Morgan fingerprint density at radius 1 is 1.14 bits per heavy atom. The van der Waals surface area contributed by atoms with Crippen molar-refractivity contribution in [2.24, 2.45) is 0 Å². The summed E-state index contributed by atoms with van der Waals surface area (Å²) in [6.45, 7) is 0. The minimum Gasteiger partial charge on any atom is -0.478 e. The van der Waals surface area contributed by atoms with E-state index in [-0.39, 0.29) is 11.3 Å². The molecule has 0 aliphatic heterocycles. The van der Waals surface area contributed by atoms with Gasteiger partial charge in [-0.05, 0) is 47.7 Å². The smallest absolute Gasteiger partial charge is 0.335 e. The number of nitro benzene ring substituents is 1. The number of allylic oxidation sites excluding steroid dienone is 1. The molecule has 0 bridgehead atoms. The van der Waals surface area contributed by atoms with E-state index >= 15 is 0 Å². The van der Waals surface area contributed by atoms with Gasteiger partial charge in [-0.1, -0.05) is 24.3 Å². The van der Waals surface area contributed by atoms with E-state index in [1.165, 1.54) is 6.07 Å². The normalized spacial score (nSPS) is 13.2. The summed E-state index contributed by atoms with van der Waals surface area (Å²) in [5.74, 6) is -1.00. The van der Waals surface area contributed by atoms with Crippen LogP contribution in [0.25, 0.3) is 5.57 Å². The zero-order valence-electron chi connectivity index (χ0n) is 11.7. The molecule has 0 aromatic heterocycles. The maximum Gasteiger partial charge on any atom is 0.335 e. The number of hydrogen-bond acceptors (Lipinski definition) is 3. The average molecular weight is 295 g/mol. The number of para-hydroxylation sites is 1. The van der Waals surface area contributed by atoms with Crippen LogP contribution in [0, 0.1) is 10.1 Å². The average Bonchev–Trinajstić information content (AvgIpc) is 2.53. The van der Waals surface area contributed by atoms with Crippen molar-refractivity contribution in [1.29, 1.82) is 0 Å².